The first-order valence-electron chi connectivity index (χ1n) is 9.79. The van der Waals surface area contributed by atoms with Crippen LogP contribution in [-0.2, 0) is 20.9 Å². The van der Waals surface area contributed by atoms with E-state index in [9.17, 15) is 4.79 Å². The van der Waals surface area contributed by atoms with Crippen molar-refractivity contribution in [3.05, 3.63) is 76.9 Å². The van der Waals surface area contributed by atoms with E-state index in [2.05, 4.69) is 10.9 Å². The quantitative estimate of drug-likeness (QED) is 0.176. The number of anilines is 1. The van der Waals surface area contributed by atoms with E-state index in [0.29, 0.717) is 17.0 Å². The van der Waals surface area contributed by atoms with Gasteiger partial charge in [0.25, 0.3) is 0 Å². The second-order valence-corrected chi connectivity index (χ2v) is 6.41. The molecule has 0 atom stereocenters. The highest BCUT2D eigenvalue weighted by atomic mass is 16.5. The molecule has 0 heterocycles. The van der Waals surface area contributed by atoms with Crippen molar-refractivity contribution < 1.29 is 14.3 Å². The first kappa shape index (κ1) is 25.3. The second-order valence-electron chi connectivity index (χ2n) is 6.41. The highest BCUT2D eigenvalue weighted by Gasteiger charge is 2.21. The van der Waals surface area contributed by atoms with Gasteiger partial charge in [0.05, 0.1) is 7.11 Å². The lowest BCUT2D eigenvalue weighted by atomic mass is 9.96. The third-order valence-corrected chi connectivity index (χ3v) is 4.39. The Kier molecular flexibility index (Phi) is 11.0. The maximum atomic E-state index is 12.2. The van der Waals surface area contributed by atoms with Crippen LogP contribution in [0.4, 0.5) is 5.69 Å². The Morgan fingerprint density at radius 3 is 2.32 bits per heavy atom. The number of carbonyl (C=O) groups is 1. The van der Waals surface area contributed by atoms with Gasteiger partial charge in [-0.05, 0) is 61.9 Å². The zero-order valence-electron chi connectivity index (χ0n) is 18.8. The third-order valence-electron chi connectivity index (χ3n) is 4.39. The topological polar surface area (TPSA) is 73.9 Å². The second kappa shape index (κ2) is 13.4. The van der Waals surface area contributed by atoms with Crippen LogP contribution >= 0.6 is 0 Å². The van der Waals surface area contributed by atoms with Crippen molar-refractivity contribution in [2.75, 3.05) is 19.9 Å². The molecule has 2 rings (SSSR count). The number of nitrogens with zero attached hydrogens (tertiary/aromatic N) is 1. The summed E-state index contributed by atoms with van der Waals surface area (Å²) in [5.41, 5.74) is 10.1. The maximum absolute atomic E-state index is 12.2. The molecule has 0 spiro atoms. The van der Waals surface area contributed by atoms with Crippen LogP contribution in [0.5, 0.6) is 0 Å². The minimum atomic E-state index is -0.624. The molecule has 0 saturated heterocycles. The van der Waals surface area contributed by atoms with Crippen molar-refractivity contribution in [3.63, 3.8) is 0 Å². The number of nitrogens with two attached hydrogens (primary N) is 1. The first-order chi connectivity index (χ1) is 14.9. The number of hydrogen-bond donors (Lipinski definition) is 1. The van der Waals surface area contributed by atoms with Gasteiger partial charge in [-0.2, -0.15) is 0 Å². The van der Waals surface area contributed by atoms with Crippen LogP contribution < -0.4 is 5.73 Å². The lowest BCUT2D eigenvalue weighted by molar-refractivity contribution is -0.135. The molecule has 0 amide bonds. The van der Waals surface area contributed by atoms with Crippen molar-refractivity contribution >= 4 is 29.2 Å². The summed E-state index contributed by atoms with van der Waals surface area (Å²) in [4.78, 5) is 15.9. The van der Waals surface area contributed by atoms with E-state index in [-0.39, 0.29) is 12.2 Å². The van der Waals surface area contributed by atoms with E-state index in [1.54, 1.807) is 25.4 Å². The molecule has 0 aliphatic heterocycles. The van der Waals surface area contributed by atoms with Gasteiger partial charge >= 0.3 is 5.97 Å². The number of benzene rings is 2. The fraction of sp³-hybridized carbons (Fsp3) is 0.231. The van der Waals surface area contributed by atoms with Gasteiger partial charge < -0.3 is 20.2 Å². The van der Waals surface area contributed by atoms with Crippen LogP contribution in [0.2, 0.25) is 0 Å². The molecule has 2 N–H and O–H groups in total. The molecule has 0 bridgehead atoms. The highest BCUT2D eigenvalue weighted by Crippen LogP contribution is 2.31. The molecule has 0 aliphatic rings. The van der Waals surface area contributed by atoms with Crippen molar-refractivity contribution in [1.82, 2.24) is 0 Å². The van der Waals surface area contributed by atoms with Gasteiger partial charge in [-0.3, -0.25) is 0 Å². The van der Waals surface area contributed by atoms with Crippen molar-refractivity contribution in [3.8, 4) is 12.3 Å². The standard InChI is InChI=1S/C23H23NO3.C3H7N/c1-5-16(3)21-14-18(24)12-13-20(21)22(19(6-2)23(25)26-4)27-15-17-10-8-7-9-11-17;1-3-4-2/h2,5,7-14H,15,24H2,1,3-4H3;3H,1-2H3/b16-5-,22-19-;. The molecule has 0 aromatic heterocycles. The lowest BCUT2D eigenvalue weighted by Crippen LogP contribution is -2.09. The van der Waals surface area contributed by atoms with Crippen LogP contribution in [-0.4, -0.2) is 26.3 Å². The smallest absolute Gasteiger partial charge is 0.350 e. The number of terminal acetylenes is 1. The minimum absolute atomic E-state index is 0.0309. The van der Waals surface area contributed by atoms with Crippen LogP contribution in [0.25, 0.3) is 11.3 Å². The van der Waals surface area contributed by atoms with E-state index in [0.717, 1.165) is 16.7 Å². The summed E-state index contributed by atoms with van der Waals surface area (Å²) in [7, 11) is 3.04. The summed E-state index contributed by atoms with van der Waals surface area (Å²) >= 11 is 0. The fourth-order valence-electron chi connectivity index (χ4n) is 2.58. The fourth-order valence-corrected chi connectivity index (χ4v) is 2.58. The van der Waals surface area contributed by atoms with E-state index in [1.807, 2.05) is 63.2 Å². The molecule has 2 aromatic rings. The van der Waals surface area contributed by atoms with Gasteiger partial charge in [0.2, 0.25) is 0 Å². The van der Waals surface area contributed by atoms with Gasteiger partial charge in [0, 0.05) is 18.3 Å². The van der Waals surface area contributed by atoms with Gasteiger partial charge in [0.1, 0.15) is 6.61 Å². The highest BCUT2D eigenvalue weighted by molar-refractivity contribution is 6.01. The molecule has 0 unspecified atom stereocenters. The Hall–Kier alpha value is -3.78. The molecule has 5 nitrogen and oxygen atoms in total. The molecule has 0 radical (unpaired) electrons. The van der Waals surface area contributed by atoms with Crippen molar-refractivity contribution in [1.29, 1.82) is 0 Å². The van der Waals surface area contributed by atoms with Crippen molar-refractivity contribution in [2.45, 2.75) is 27.4 Å². The number of nitrogen functional groups attached to an aromatic ring is 1. The monoisotopic (exact) mass is 418 g/mol. The predicted octanol–water partition coefficient (Wildman–Crippen LogP) is 5.13. The predicted molar refractivity (Wildman–Crippen MR) is 129 cm³/mol. The van der Waals surface area contributed by atoms with E-state index in [4.69, 9.17) is 21.6 Å². The van der Waals surface area contributed by atoms with Gasteiger partial charge in [-0.1, -0.05) is 42.3 Å². The maximum Gasteiger partial charge on any atom is 0.350 e. The van der Waals surface area contributed by atoms with Crippen molar-refractivity contribution in [2.24, 2.45) is 4.99 Å². The summed E-state index contributed by atoms with van der Waals surface area (Å²) in [6.07, 6.45) is 9.33. The zero-order chi connectivity index (χ0) is 23.2. The average molecular weight is 419 g/mol. The normalized spacial score (nSPS) is 11.7. The van der Waals surface area contributed by atoms with Gasteiger partial charge in [-0.15, -0.1) is 6.42 Å². The summed E-state index contributed by atoms with van der Waals surface area (Å²) in [6, 6.07) is 15.0. The van der Waals surface area contributed by atoms with Crippen LogP contribution in [0.3, 0.4) is 0 Å². The average Bonchev–Trinajstić information content (AvgIpc) is 2.81. The molecular weight excluding hydrogens is 388 g/mol. The Morgan fingerprint density at radius 1 is 1.16 bits per heavy atom. The molecule has 0 saturated carbocycles. The number of ether oxygens (including phenoxy) is 2. The number of carbonyl (C=O) groups excluding carboxylic acids is 1. The number of allylic oxidation sites excluding steroid dienone is 2. The zero-order valence-corrected chi connectivity index (χ0v) is 18.8. The number of esters is 1. The largest absolute Gasteiger partial charge is 0.487 e. The summed E-state index contributed by atoms with van der Waals surface area (Å²) in [5, 5.41) is 0. The van der Waals surface area contributed by atoms with Crippen LogP contribution in [0, 0.1) is 12.3 Å². The molecule has 31 heavy (non-hydrogen) atoms. The number of methoxy groups -OCH3 is 1. The Morgan fingerprint density at radius 2 is 1.81 bits per heavy atom. The number of aliphatic imine (C=N–C) groups is 1. The summed E-state index contributed by atoms with van der Waals surface area (Å²) < 4.78 is 10.9. The van der Waals surface area contributed by atoms with Crippen LogP contribution in [0.15, 0.2) is 65.2 Å². The van der Waals surface area contributed by atoms with Crippen LogP contribution in [0.1, 0.15) is 37.5 Å². The SMILES string of the molecule is C#C/C(C(=O)OC)=C(/OCc1ccccc1)c1ccc(N)cc1/C(C)=C\C.CC=NC. The molecule has 0 aliphatic carbocycles. The first-order valence-corrected chi connectivity index (χ1v) is 9.79. The summed E-state index contributed by atoms with van der Waals surface area (Å²) in [5.74, 6) is 2.09. The Labute approximate surface area is 185 Å². The number of hydrogen-bond acceptors (Lipinski definition) is 5. The van der Waals surface area contributed by atoms with Gasteiger partial charge in [0.15, 0.2) is 11.3 Å². The third kappa shape index (κ3) is 7.52. The Balaban J connectivity index is 0.00000110. The molecular formula is C26H30N2O3. The molecule has 5 heteroatoms. The van der Waals surface area contributed by atoms with E-state index in [1.165, 1.54) is 7.11 Å². The lowest BCUT2D eigenvalue weighted by Gasteiger charge is -2.17. The Bertz CT molecular complexity index is 993. The minimum Gasteiger partial charge on any atom is -0.487 e. The van der Waals surface area contributed by atoms with E-state index >= 15 is 0 Å². The van der Waals surface area contributed by atoms with Gasteiger partial charge in [-0.25, -0.2) is 4.79 Å². The number of rotatable bonds is 6. The molecule has 162 valence electrons. The summed E-state index contributed by atoms with van der Waals surface area (Å²) in [6.45, 7) is 6.04. The van der Waals surface area contributed by atoms with E-state index < -0.39 is 5.97 Å². The molecule has 0 fully saturated rings. The molecule has 2 aromatic carbocycles.